The Bertz CT molecular complexity index is 792. The molecule has 7 heteroatoms. The van der Waals surface area contributed by atoms with Crippen LogP contribution in [0.15, 0.2) is 30.3 Å². The number of phenolic OH excluding ortho intramolecular Hbond substituents is 1. The van der Waals surface area contributed by atoms with Crippen molar-refractivity contribution >= 4 is 12.6 Å². The van der Waals surface area contributed by atoms with Gasteiger partial charge in [0, 0.05) is 11.1 Å². The summed E-state index contributed by atoms with van der Waals surface area (Å²) in [6, 6.07) is 7.79. The van der Waals surface area contributed by atoms with E-state index < -0.39 is 0 Å². The third-order valence-corrected chi connectivity index (χ3v) is 4.28. The molecule has 29 heavy (non-hydrogen) atoms. The van der Waals surface area contributed by atoms with Gasteiger partial charge < -0.3 is 24.1 Å². The minimum absolute atomic E-state index is 0.0357. The summed E-state index contributed by atoms with van der Waals surface area (Å²) in [7, 11) is 3.03. The summed E-state index contributed by atoms with van der Waals surface area (Å²) >= 11 is 0. The van der Waals surface area contributed by atoms with Gasteiger partial charge in [-0.25, -0.2) is 0 Å². The molecule has 0 radical (unpaired) electrons. The molecule has 0 atom stereocenters. The fourth-order valence-electron chi connectivity index (χ4n) is 2.75. The Balaban J connectivity index is 1.70. The van der Waals surface area contributed by atoms with Crippen molar-refractivity contribution in [1.82, 2.24) is 0 Å². The van der Waals surface area contributed by atoms with Crippen molar-refractivity contribution in [2.75, 3.05) is 27.4 Å². The average molecular weight is 402 g/mol. The van der Waals surface area contributed by atoms with E-state index in [0.29, 0.717) is 53.6 Å². The SMILES string of the molecule is COc1cc(C=O)cc(OC)c1OCCCCCCOc1ccc(C=O)cc1O. The van der Waals surface area contributed by atoms with Gasteiger partial charge in [0.25, 0.3) is 0 Å². The number of ether oxygens (including phenoxy) is 4. The number of hydrogen-bond donors (Lipinski definition) is 1. The van der Waals surface area contributed by atoms with E-state index in [-0.39, 0.29) is 5.75 Å². The summed E-state index contributed by atoms with van der Waals surface area (Å²) in [5, 5.41) is 9.78. The van der Waals surface area contributed by atoms with Crippen molar-refractivity contribution < 1.29 is 33.6 Å². The molecule has 0 aliphatic rings. The standard InChI is InChI=1S/C22H26O7/c1-26-20-12-17(15-24)13-21(27-2)22(20)29-10-6-4-3-5-9-28-19-8-7-16(14-23)11-18(19)25/h7-8,11-15,25H,3-6,9-10H2,1-2H3. The molecule has 0 spiro atoms. The molecule has 0 unspecified atom stereocenters. The molecule has 2 rings (SSSR count). The van der Waals surface area contributed by atoms with Gasteiger partial charge in [-0.05, 0) is 56.0 Å². The first-order valence-electron chi connectivity index (χ1n) is 9.38. The molecule has 156 valence electrons. The lowest BCUT2D eigenvalue weighted by Crippen LogP contribution is -2.03. The predicted octanol–water partition coefficient (Wildman–Crippen LogP) is 4.05. The van der Waals surface area contributed by atoms with Crippen LogP contribution in [0.1, 0.15) is 46.4 Å². The Morgan fingerprint density at radius 2 is 1.34 bits per heavy atom. The lowest BCUT2D eigenvalue weighted by atomic mass is 10.2. The first kappa shape index (κ1) is 22.1. The van der Waals surface area contributed by atoms with E-state index >= 15 is 0 Å². The lowest BCUT2D eigenvalue weighted by molar-refractivity contribution is 0.111. The molecule has 2 aromatic rings. The monoisotopic (exact) mass is 402 g/mol. The quantitative estimate of drug-likeness (QED) is 0.399. The van der Waals surface area contributed by atoms with Gasteiger partial charge in [0.05, 0.1) is 27.4 Å². The summed E-state index contributed by atoms with van der Waals surface area (Å²) in [6.45, 7) is 0.964. The van der Waals surface area contributed by atoms with Crippen LogP contribution in [-0.4, -0.2) is 45.1 Å². The number of carbonyl (C=O) groups excluding carboxylic acids is 2. The molecule has 0 aliphatic heterocycles. The molecular formula is C22H26O7. The molecule has 0 fully saturated rings. The second-order valence-corrected chi connectivity index (χ2v) is 6.33. The number of aromatic hydroxyl groups is 1. The second kappa shape index (κ2) is 11.6. The van der Waals surface area contributed by atoms with Crippen LogP contribution in [0.3, 0.4) is 0 Å². The van der Waals surface area contributed by atoms with E-state index in [1.54, 1.807) is 24.3 Å². The van der Waals surface area contributed by atoms with Gasteiger partial charge >= 0.3 is 0 Å². The highest BCUT2D eigenvalue weighted by molar-refractivity contribution is 5.78. The summed E-state index contributed by atoms with van der Waals surface area (Å²) in [5.74, 6) is 1.74. The van der Waals surface area contributed by atoms with Gasteiger partial charge in [-0.1, -0.05) is 0 Å². The van der Waals surface area contributed by atoms with Crippen molar-refractivity contribution in [2.24, 2.45) is 0 Å². The van der Waals surface area contributed by atoms with Crippen LogP contribution in [0.4, 0.5) is 0 Å². The maximum atomic E-state index is 11.0. The van der Waals surface area contributed by atoms with Gasteiger partial charge in [-0.3, -0.25) is 9.59 Å². The summed E-state index contributed by atoms with van der Waals surface area (Å²) in [5.41, 5.74) is 0.863. The first-order chi connectivity index (χ1) is 14.1. The van der Waals surface area contributed by atoms with Gasteiger partial charge in [-0.2, -0.15) is 0 Å². The Hall–Kier alpha value is -3.22. The maximum absolute atomic E-state index is 11.0. The van der Waals surface area contributed by atoms with Gasteiger partial charge in [0.2, 0.25) is 5.75 Å². The molecule has 0 amide bonds. The minimum Gasteiger partial charge on any atom is -0.504 e. The average Bonchev–Trinajstić information content (AvgIpc) is 2.75. The normalized spacial score (nSPS) is 10.3. The second-order valence-electron chi connectivity index (χ2n) is 6.33. The number of aldehydes is 2. The maximum Gasteiger partial charge on any atom is 0.203 e. The molecule has 0 heterocycles. The number of carbonyl (C=O) groups is 2. The highest BCUT2D eigenvalue weighted by Gasteiger charge is 2.14. The van der Waals surface area contributed by atoms with E-state index in [1.165, 1.54) is 20.3 Å². The Labute approximate surface area is 170 Å². The van der Waals surface area contributed by atoms with Crippen LogP contribution in [0.25, 0.3) is 0 Å². The molecule has 0 aromatic heterocycles. The third kappa shape index (κ3) is 6.41. The molecule has 0 saturated carbocycles. The van der Waals surface area contributed by atoms with E-state index in [4.69, 9.17) is 18.9 Å². The number of benzene rings is 2. The van der Waals surface area contributed by atoms with Gasteiger partial charge in [0.1, 0.15) is 12.6 Å². The largest absolute Gasteiger partial charge is 0.504 e. The third-order valence-electron chi connectivity index (χ3n) is 4.28. The van der Waals surface area contributed by atoms with Gasteiger partial charge in [0.15, 0.2) is 23.0 Å². The molecule has 2 aromatic carbocycles. The first-order valence-corrected chi connectivity index (χ1v) is 9.38. The van der Waals surface area contributed by atoms with Crippen molar-refractivity contribution in [2.45, 2.75) is 25.7 Å². The zero-order chi connectivity index (χ0) is 21.1. The summed E-state index contributed by atoms with van der Waals surface area (Å²) in [6.07, 6.45) is 4.95. The molecule has 0 aliphatic carbocycles. The lowest BCUT2D eigenvalue weighted by Gasteiger charge is -2.15. The van der Waals surface area contributed by atoms with E-state index in [1.807, 2.05) is 0 Å². The number of methoxy groups -OCH3 is 2. The zero-order valence-electron chi connectivity index (χ0n) is 16.7. The van der Waals surface area contributed by atoms with Gasteiger partial charge in [-0.15, -0.1) is 0 Å². The summed E-state index contributed by atoms with van der Waals surface area (Å²) < 4.78 is 21.9. The van der Waals surface area contributed by atoms with Crippen LogP contribution in [0.5, 0.6) is 28.7 Å². The van der Waals surface area contributed by atoms with Crippen molar-refractivity contribution in [3.63, 3.8) is 0 Å². The number of unbranched alkanes of at least 4 members (excludes halogenated alkanes) is 3. The van der Waals surface area contributed by atoms with E-state index in [2.05, 4.69) is 0 Å². The van der Waals surface area contributed by atoms with Crippen molar-refractivity contribution in [3.05, 3.63) is 41.5 Å². The fraction of sp³-hybridized carbons (Fsp3) is 0.364. The molecular weight excluding hydrogens is 376 g/mol. The highest BCUT2D eigenvalue weighted by Crippen LogP contribution is 2.38. The number of rotatable bonds is 13. The molecule has 7 nitrogen and oxygen atoms in total. The van der Waals surface area contributed by atoms with Crippen molar-refractivity contribution in [3.8, 4) is 28.7 Å². The predicted molar refractivity (Wildman–Crippen MR) is 108 cm³/mol. The molecule has 0 bridgehead atoms. The number of phenols is 1. The Morgan fingerprint density at radius 1 is 0.759 bits per heavy atom. The van der Waals surface area contributed by atoms with Crippen LogP contribution in [0, 0.1) is 0 Å². The zero-order valence-corrected chi connectivity index (χ0v) is 16.7. The smallest absolute Gasteiger partial charge is 0.203 e. The van der Waals surface area contributed by atoms with E-state index in [0.717, 1.165) is 32.0 Å². The van der Waals surface area contributed by atoms with Crippen LogP contribution in [-0.2, 0) is 0 Å². The fourth-order valence-corrected chi connectivity index (χ4v) is 2.75. The van der Waals surface area contributed by atoms with Crippen molar-refractivity contribution in [1.29, 1.82) is 0 Å². The van der Waals surface area contributed by atoms with Crippen LogP contribution >= 0.6 is 0 Å². The molecule has 0 saturated heterocycles. The molecule has 1 N–H and O–H groups in total. The topological polar surface area (TPSA) is 91.3 Å². The van der Waals surface area contributed by atoms with E-state index in [9.17, 15) is 14.7 Å². The highest BCUT2D eigenvalue weighted by atomic mass is 16.5. The summed E-state index contributed by atoms with van der Waals surface area (Å²) in [4.78, 5) is 21.6. The Kier molecular flexibility index (Phi) is 8.82. The Morgan fingerprint density at radius 3 is 1.86 bits per heavy atom. The van der Waals surface area contributed by atoms with Crippen LogP contribution < -0.4 is 18.9 Å². The number of hydrogen-bond acceptors (Lipinski definition) is 7. The van der Waals surface area contributed by atoms with Crippen LogP contribution in [0.2, 0.25) is 0 Å². The minimum atomic E-state index is -0.0357.